The van der Waals surface area contributed by atoms with E-state index in [4.69, 9.17) is 16.3 Å². The third kappa shape index (κ3) is 4.45. The number of nitro groups is 1. The van der Waals surface area contributed by atoms with E-state index in [0.29, 0.717) is 27.7 Å². The molecular formula is C23H16ClN3O3. The van der Waals surface area contributed by atoms with Crippen LogP contribution >= 0.6 is 11.6 Å². The zero-order chi connectivity index (χ0) is 20.9. The van der Waals surface area contributed by atoms with Gasteiger partial charge in [-0.25, -0.2) is 9.97 Å². The number of hydrogen-bond donors (Lipinski definition) is 0. The Balaban J connectivity index is 1.68. The molecule has 30 heavy (non-hydrogen) atoms. The second-order valence-electron chi connectivity index (χ2n) is 6.47. The molecule has 0 N–H and O–H groups in total. The van der Waals surface area contributed by atoms with E-state index in [1.807, 2.05) is 42.5 Å². The second-order valence-corrected chi connectivity index (χ2v) is 6.88. The topological polar surface area (TPSA) is 78.2 Å². The van der Waals surface area contributed by atoms with Gasteiger partial charge < -0.3 is 4.74 Å². The Kier molecular flexibility index (Phi) is 5.68. The van der Waals surface area contributed by atoms with Crippen LogP contribution in [0.2, 0.25) is 5.02 Å². The monoisotopic (exact) mass is 417 g/mol. The molecule has 4 aromatic rings. The van der Waals surface area contributed by atoms with Gasteiger partial charge in [0.25, 0.3) is 5.69 Å². The summed E-state index contributed by atoms with van der Waals surface area (Å²) < 4.78 is 5.94. The van der Waals surface area contributed by atoms with E-state index in [-0.39, 0.29) is 12.3 Å². The van der Waals surface area contributed by atoms with Crippen LogP contribution in [0, 0.1) is 10.1 Å². The van der Waals surface area contributed by atoms with Gasteiger partial charge in [0.05, 0.1) is 16.0 Å². The molecule has 0 radical (unpaired) electrons. The largest absolute Gasteiger partial charge is 0.471 e. The SMILES string of the molecule is O=[N+]([O-])c1cccc(C=Cc2nc3ccccc3nc2OCc2ccccc2Cl)c1. The van der Waals surface area contributed by atoms with Crippen molar-refractivity contribution in [3.8, 4) is 5.88 Å². The van der Waals surface area contributed by atoms with E-state index >= 15 is 0 Å². The standard InChI is InChI=1S/C23H16ClN3O3/c24-19-9-2-1-7-17(19)15-30-23-22(25-20-10-3-4-11-21(20)26-23)13-12-16-6-5-8-18(14-16)27(28)29/h1-14H,15H2. The van der Waals surface area contributed by atoms with Crippen LogP contribution in [0.4, 0.5) is 5.69 Å². The van der Waals surface area contributed by atoms with Gasteiger partial charge in [-0.2, -0.15) is 0 Å². The lowest BCUT2D eigenvalue weighted by molar-refractivity contribution is -0.384. The Labute approximate surface area is 177 Å². The van der Waals surface area contributed by atoms with Crippen molar-refractivity contribution in [2.45, 2.75) is 6.61 Å². The number of para-hydroxylation sites is 2. The van der Waals surface area contributed by atoms with Crippen LogP contribution < -0.4 is 4.74 Å². The minimum atomic E-state index is -0.425. The van der Waals surface area contributed by atoms with Gasteiger partial charge in [-0.1, -0.05) is 60.1 Å². The lowest BCUT2D eigenvalue weighted by atomic mass is 10.1. The summed E-state index contributed by atoms with van der Waals surface area (Å²) in [5, 5.41) is 11.6. The summed E-state index contributed by atoms with van der Waals surface area (Å²) in [6, 6.07) is 21.3. The first-order valence-electron chi connectivity index (χ1n) is 9.16. The number of rotatable bonds is 6. The number of hydrogen-bond acceptors (Lipinski definition) is 5. The fraction of sp³-hybridized carbons (Fsp3) is 0.0435. The van der Waals surface area contributed by atoms with Crippen LogP contribution in [0.3, 0.4) is 0 Å². The maximum absolute atomic E-state index is 11.0. The molecule has 6 nitrogen and oxygen atoms in total. The molecule has 0 aliphatic carbocycles. The lowest BCUT2D eigenvalue weighted by Crippen LogP contribution is -2.02. The maximum atomic E-state index is 11.0. The van der Waals surface area contributed by atoms with Gasteiger partial charge in [-0.3, -0.25) is 10.1 Å². The third-order valence-corrected chi connectivity index (χ3v) is 4.77. The quantitative estimate of drug-likeness (QED) is 0.286. The third-order valence-electron chi connectivity index (χ3n) is 4.40. The van der Waals surface area contributed by atoms with Crippen LogP contribution in [-0.2, 0) is 6.61 Å². The van der Waals surface area contributed by atoms with Gasteiger partial charge in [0.15, 0.2) is 0 Å². The predicted octanol–water partition coefficient (Wildman–Crippen LogP) is 5.94. The van der Waals surface area contributed by atoms with Gasteiger partial charge in [0, 0.05) is 22.7 Å². The zero-order valence-electron chi connectivity index (χ0n) is 15.7. The molecule has 4 rings (SSSR count). The van der Waals surface area contributed by atoms with E-state index in [2.05, 4.69) is 9.97 Å². The van der Waals surface area contributed by atoms with Crippen molar-refractivity contribution < 1.29 is 9.66 Å². The highest BCUT2D eigenvalue weighted by Crippen LogP contribution is 2.24. The van der Waals surface area contributed by atoms with Crippen LogP contribution in [-0.4, -0.2) is 14.9 Å². The normalized spacial score (nSPS) is 11.1. The van der Waals surface area contributed by atoms with Crippen molar-refractivity contribution >= 4 is 40.5 Å². The Hall–Kier alpha value is -3.77. The van der Waals surface area contributed by atoms with Crippen LogP contribution in [0.1, 0.15) is 16.8 Å². The molecule has 1 heterocycles. The minimum Gasteiger partial charge on any atom is -0.471 e. The number of ether oxygens (including phenoxy) is 1. The molecule has 0 aliphatic heterocycles. The molecule has 148 valence electrons. The van der Waals surface area contributed by atoms with E-state index in [9.17, 15) is 10.1 Å². The van der Waals surface area contributed by atoms with E-state index in [0.717, 1.165) is 11.1 Å². The summed E-state index contributed by atoms with van der Waals surface area (Å²) in [5.74, 6) is 0.357. The molecule has 0 saturated carbocycles. The van der Waals surface area contributed by atoms with Crippen molar-refractivity contribution in [1.82, 2.24) is 9.97 Å². The highest BCUT2D eigenvalue weighted by Gasteiger charge is 2.10. The molecule has 0 aliphatic rings. The highest BCUT2D eigenvalue weighted by atomic mass is 35.5. The zero-order valence-corrected chi connectivity index (χ0v) is 16.5. The first-order chi connectivity index (χ1) is 14.6. The lowest BCUT2D eigenvalue weighted by Gasteiger charge is -2.10. The number of fused-ring (bicyclic) bond motifs is 1. The van der Waals surface area contributed by atoms with E-state index in [1.165, 1.54) is 12.1 Å². The Morgan fingerprint density at radius 3 is 2.43 bits per heavy atom. The average Bonchev–Trinajstić information content (AvgIpc) is 2.77. The number of nitrogens with zero attached hydrogens (tertiary/aromatic N) is 3. The summed E-state index contributed by atoms with van der Waals surface area (Å²) in [6.45, 7) is 0.240. The fourth-order valence-corrected chi connectivity index (χ4v) is 3.08. The van der Waals surface area contributed by atoms with Gasteiger partial charge in [-0.15, -0.1) is 0 Å². The summed E-state index contributed by atoms with van der Waals surface area (Å²) in [4.78, 5) is 19.8. The average molecular weight is 418 g/mol. The van der Waals surface area contributed by atoms with Gasteiger partial charge in [0.2, 0.25) is 5.88 Å². The van der Waals surface area contributed by atoms with Gasteiger partial charge in [0.1, 0.15) is 12.3 Å². The molecule has 1 aromatic heterocycles. The van der Waals surface area contributed by atoms with E-state index in [1.54, 1.807) is 30.4 Å². The Morgan fingerprint density at radius 1 is 0.933 bits per heavy atom. The molecule has 0 amide bonds. The van der Waals surface area contributed by atoms with Crippen LogP contribution in [0.25, 0.3) is 23.2 Å². The molecule has 7 heteroatoms. The first kappa shape index (κ1) is 19.5. The molecule has 0 unspecified atom stereocenters. The maximum Gasteiger partial charge on any atom is 0.270 e. The minimum absolute atomic E-state index is 0.0249. The molecule has 0 saturated heterocycles. The molecule has 0 fully saturated rings. The van der Waals surface area contributed by atoms with Crippen molar-refractivity contribution in [2.24, 2.45) is 0 Å². The summed E-state index contributed by atoms with van der Waals surface area (Å²) in [7, 11) is 0. The summed E-state index contributed by atoms with van der Waals surface area (Å²) >= 11 is 6.22. The predicted molar refractivity (Wildman–Crippen MR) is 117 cm³/mol. The Morgan fingerprint density at radius 2 is 1.67 bits per heavy atom. The van der Waals surface area contributed by atoms with Crippen molar-refractivity contribution in [3.63, 3.8) is 0 Å². The highest BCUT2D eigenvalue weighted by molar-refractivity contribution is 6.31. The number of halogens is 1. The Bertz CT molecular complexity index is 1260. The molecular weight excluding hydrogens is 402 g/mol. The molecule has 0 spiro atoms. The second kappa shape index (κ2) is 8.71. The van der Waals surface area contributed by atoms with Crippen LogP contribution in [0.15, 0.2) is 72.8 Å². The van der Waals surface area contributed by atoms with Crippen molar-refractivity contribution in [2.75, 3.05) is 0 Å². The van der Waals surface area contributed by atoms with Gasteiger partial charge in [-0.05, 0) is 29.8 Å². The number of benzene rings is 3. The fourth-order valence-electron chi connectivity index (χ4n) is 2.89. The van der Waals surface area contributed by atoms with Crippen molar-refractivity contribution in [3.05, 3.63) is 105 Å². The number of aromatic nitrogens is 2. The van der Waals surface area contributed by atoms with Gasteiger partial charge >= 0.3 is 0 Å². The smallest absolute Gasteiger partial charge is 0.270 e. The summed E-state index contributed by atoms with van der Waals surface area (Å²) in [6.07, 6.45) is 3.48. The first-order valence-corrected chi connectivity index (χ1v) is 9.53. The summed E-state index contributed by atoms with van der Waals surface area (Å²) in [5.41, 5.74) is 3.49. The number of non-ortho nitro benzene ring substituents is 1. The molecule has 0 atom stereocenters. The van der Waals surface area contributed by atoms with Crippen molar-refractivity contribution in [1.29, 1.82) is 0 Å². The van der Waals surface area contributed by atoms with E-state index < -0.39 is 4.92 Å². The van der Waals surface area contributed by atoms with Crippen LogP contribution in [0.5, 0.6) is 5.88 Å². The molecule has 3 aromatic carbocycles. The molecule has 0 bridgehead atoms. The number of nitro benzene ring substituents is 1.